The molecule has 1 aromatic rings. The van der Waals surface area contributed by atoms with Gasteiger partial charge in [-0.05, 0) is 24.8 Å². The molecule has 0 saturated carbocycles. The third kappa shape index (κ3) is 6.16. The van der Waals surface area contributed by atoms with E-state index in [1.54, 1.807) is 0 Å². The molecule has 0 aliphatic heterocycles. The molecule has 0 spiro atoms. The first-order valence-corrected chi connectivity index (χ1v) is 8.14. The zero-order chi connectivity index (χ0) is 15.0. The SMILES string of the molecule is O=C(O)C(CCCCCCc1ccccc1)S(=O)(=O)O. The number of rotatable bonds is 9. The third-order valence-corrected chi connectivity index (χ3v) is 4.32. The molecule has 112 valence electrons. The van der Waals surface area contributed by atoms with Gasteiger partial charge in [-0.3, -0.25) is 9.35 Å². The van der Waals surface area contributed by atoms with Crippen LogP contribution in [0, 0.1) is 0 Å². The molecule has 1 aromatic carbocycles. The highest BCUT2D eigenvalue weighted by Gasteiger charge is 2.29. The van der Waals surface area contributed by atoms with Crippen LogP contribution < -0.4 is 0 Å². The van der Waals surface area contributed by atoms with Crippen molar-refractivity contribution in [2.45, 2.75) is 43.8 Å². The fourth-order valence-corrected chi connectivity index (χ4v) is 2.78. The summed E-state index contributed by atoms with van der Waals surface area (Å²) in [6, 6.07) is 10.0. The molecule has 0 aliphatic carbocycles. The third-order valence-electron chi connectivity index (χ3n) is 3.16. The van der Waals surface area contributed by atoms with Crippen molar-refractivity contribution in [2.24, 2.45) is 0 Å². The van der Waals surface area contributed by atoms with Crippen LogP contribution in [-0.2, 0) is 21.3 Å². The van der Waals surface area contributed by atoms with Crippen LogP contribution in [0.3, 0.4) is 0 Å². The summed E-state index contributed by atoms with van der Waals surface area (Å²) in [6.45, 7) is 0. The zero-order valence-corrected chi connectivity index (χ0v) is 12.1. The highest BCUT2D eigenvalue weighted by Crippen LogP contribution is 2.13. The summed E-state index contributed by atoms with van der Waals surface area (Å²) in [4.78, 5) is 10.7. The van der Waals surface area contributed by atoms with Crippen LogP contribution in [0.1, 0.15) is 37.7 Å². The van der Waals surface area contributed by atoms with Crippen molar-refractivity contribution >= 4 is 16.1 Å². The average molecular weight is 300 g/mol. The predicted octanol–water partition coefficient (Wildman–Crippen LogP) is 2.52. The Hall–Kier alpha value is -1.40. The van der Waals surface area contributed by atoms with Gasteiger partial charge in [-0.15, -0.1) is 0 Å². The van der Waals surface area contributed by atoms with E-state index < -0.39 is 21.3 Å². The van der Waals surface area contributed by atoms with Gasteiger partial charge in [-0.1, -0.05) is 49.6 Å². The van der Waals surface area contributed by atoms with E-state index in [0.29, 0.717) is 6.42 Å². The second-order valence-electron chi connectivity index (χ2n) is 4.78. The van der Waals surface area contributed by atoms with Crippen LogP contribution in [0.4, 0.5) is 0 Å². The lowest BCUT2D eigenvalue weighted by atomic mass is 10.0. The second kappa shape index (κ2) is 8.01. The van der Waals surface area contributed by atoms with Gasteiger partial charge in [0.25, 0.3) is 10.1 Å². The van der Waals surface area contributed by atoms with E-state index in [4.69, 9.17) is 9.66 Å². The molecule has 1 unspecified atom stereocenters. The normalized spacial score (nSPS) is 13.1. The molecule has 0 amide bonds. The summed E-state index contributed by atoms with van der Waals surface area (Å²) in [5.74, 6) is -1.49. The zero-order valence-electron chi connectivity index (χ0n) is 11.2. The molecule has 0 radical (unpaired) electrons. The first-order valence-electron chi connectivity index (χ1n) is 6.64. The number of unbranched alkanes of at least 4 members (excludes halogenated alkanes) is 3. The minimum Gasteiger partial charge on any atom is -0.480 e. The van der Waals surface area contributed by atoms with Crippen molar-refractivity contribution in [1.29, 1.82) is 0 Å². The van der Waals surface area contributed by atoms with Gasteiger partial charge < -0.3 is 5.11 Å². The lowest BCUT2D eigenvalue weighted by molar-refractivity contribution is -0.136. The summed E-state index contributed by atoms with van der Waals surface area (Å²) in [7, 11) is -4.50. The number of carboxylic acids is 1. The largest absolute Gasteiger partial charge is 0.480 e. The van der Waals surface area contributed by atoms with E-state index in [0.717, 1.165) is 25.7 Å². The Bertz CT molecular complexity index is 510. The van der Waals surface area contributed by atoms with Gasteiger partial charge in [0, 0.05) is 0 Å². The first-order chi connectivity index (χ1) is 9.41. The Labute approximate surface area is 119 Å². The predicted molar refractivity (Wildman–Crippen MR) is 76.2 cm³/mol. The summed E-state index contributed by atoms with van der Waals surface area (Å²) in [5, 5.41) is 7.02. The van der Waals surface area contributed by atoms with E-state index in [9.17, 15) is 13.2 Å². The highest BCUT2D eigenvalue weighted by atomic mass is 32.2. The van der Waals surface area contributed by atoms with E-state index in [1.165, 1.54) is 5.56 Å². The Morgan fingerprint density at radius 1 is 1.05 bits per heavy atom. The Morgan fingerprint density at radius 2 is 1.65 bits per heavy atom. The van der Waals surface area contributed by atoms with Crippen LogP contribution in [0.15, 0.2) is 30.3 Å². The summed E-state index contributed by atoms with van der Waals surface area (Å²) < 4.78 is 30.5. The maximum atomic E-state index is 10.9. The van der Waals surface area contributed by atoms with Gasteiger partial charge in [0.15, 0.2) is 5.25 Å². The minimum absolute atomic E-state index is 0.0422. The van der Waals surface area contributed by atoms with Crippen LogP contribution in [0.2, 0.25) is 0 Å². The molecule has 6 heteroatoms. The van der Waals surface area contributed by atoms with E-state index in [1.807, 2.05) is 18.2 Å². The molecule has 1 rings (SSSR count). The minimum atomic E-state index is -4.50. The topological polar surface area (TPSA) is 91.7 Å². The number of hydrogen-bond acceptors (Lipinski definition) is 3. The smallest absolute Gasteiger partial charge is 0.324 e. The molecule has 0 aromatic heterocycles. The van der Waals surface area contributed by atoms with Crippen LogP contribution in [-0.4, -0.2) is 29.3 Å². The average Bonchev–Trinajstić information content (AvgIpc) is 2.37. The van der Waals surface area contributed by atoms with Crippen molar-refractivity contribution in [1.82, 2.24) is 0 Å². The number of aliphatic carboxylic acids is 1. The summed E-state index contributed by atoms with van der Waals surface area (Å²) >= 11 is 0. The van der Waals surface area contributed by atoms with E-state index in [2.05, 4.69) is 12.1 Å². The number of benzene rings is 1. The second-order valence-corrected chi connectivity index (χ2v) is 6.38. The van der Waals surface area contributed by atoms with Crippen molar-refractivity contribution < 1.29 is 22.9 Å². The molecule has 0 heterocycles. The van der Waals surface area contributed by atoms with Crippen molar-refractivity contribution in [3.05, 3.63) is 35.9 Å². The number of hydrogen-bond donors (Lipinski definition) is 2. The lowest BCUT2D eigenvalue weighted by Gasteiger charge is -2.08. The Balaban J connectivity index is 2.20. The maximum Gasteiger partial charge on any atom is 0.324 e. The molecule has 20 heavy (non-hydrogen) atoms. The van der Waals surface area contributed by atoms with Gasteiger partial charge in [0.1, 0.15) is 0 Å². The van der Waals surface area contributed by atoms with Crippen molar-refractivity contribution in [3.8, 4) is 0 Å². The number of aryl methyl sites for hydroxylation is 1. The molecule has 0 fully saturated rings. The fourth-order valence-electron chi connectivity index (χ4n) is 2.06. The number of carboxylic acid groups (broad SMARTS) is 1. The Morgan fingerprint density at radius 3 is 2.20 bits per heavy atom. The molecular weight excluding hydrogens is 280 g/mol. The molecule has 0 aliphatic rings. The van der Waals surface area contributed by atoms with Gasteiger partial charge in [0.2, 0.25) is 0 Å². The molecular formula is C14H20O5S. The monoisotopic (exact) mass is 300 g/mol. The molecule has 0 saturated heterocycles. The molecule has 2 N–H and O–H groups in total. The lowest BCUT2D eigenvalue weighted by Crippen LogP contribution is -2.29. The Kier molecular flexibility index (Phi) is 6.67. The van der Waals surface area contributed by atoms with Crippen LogP contribution >= 0.6 is 0 Å². The quantitative estimate of drug-likeness (QED) is 0.540. The first kappa shape index (κ1) is 16.7. The van der Waals surface area contributed by atoms with E-state index >= 15 is 0 Å². The van der Waals surface area contributed by atoms with Gasteiger partial charge in [0.05, 0.1) is 0 Å². The maximum absolute atomic E-state index is 10.9. The highest BCUT2D eigenvalue weighted by molar-refractivity contribution is 7.87. The standard InChI is InChI=1S/C14H20O5S/c15-14(16)13(20(17,18)19)11-7-2-1-4-8-12-9-5-3-6-10-12/h3,5-6,9-10,13H,1-2,4,7-8,11H2,(H,15,16)(H,17,18,19). The van der Waals surface area contributed by atoms with Crippen LogP contribution in [0.25, 0.3) is 0 Å². The summed E-state index contributed by atoms with van der Waals surface area (Å²) in [6.07, 6.45) is 4.04. The number of carbonyl (C=O) groups is 1. The van der Waals surface area contributed by atoms with Crippen LogP contribution in [0.5, 0.6) is 0 Å². The van der Waals surface area contributed by atoms with E-state index in [-0.39, 0.29) is 6.42 Å². The van der Waals surface area contributed by atoms with Crippen molar-refractivity contribution in [3.63, 3.8) is 0 Å². The molecule has 0 bridgehead atoms. The van der Waals surface area contributed by atoms with Gasteiger partial charge in [-0.2, -0.15) is 8.42 Å². The van der Waals surface area contributed by atoms with Gasteiger partial charge in [-0.25, -0.2) is 0 Å². The molecule has 1 atom stereocenters. The fraction of sp³-hybridized carbons (Fsp3) is 0.500. The van der Waals surface area contributed by atoms with Crippen molar-refractivity contribution in [2.75, 3.05) is 0 Å². The summed E-state index contributed by atoms with van der Waals surface area (Å²) in [5.41, 5.74) is 1.26. The molecule has 5 nitrogen and oxygen atoms in total. The van der Waals surface area contributed by atoms with Gasteiger partial charge >= 0.3 is 5.97 Å².